The van der Waals surface area contributed by atoms with Gasteiger partial charge in [0, 0.05) is 18.2 Å². The van der Waals surface area contributed by atoms with Gasteiger partial charge in [-0.2, -0.15) is 0 Å². The molecule has 0 saturated heterocycles. The van der Waals surface area contributed by atoms with E-state index in [1.54, 1.807) is 6.92 Å². The SMILES string of the molecule is Cc1cc(=O)n(Cc2ccc(CN)cc2)cc1[N+](=O)[O-]. The number of hydrogen-bond donors (Lipinski definition) is 1. The van der Waals surface area contributed by atoms with E-state index in [0.29, 0.717) is 18.7 Å². The Hall–Kier alpha value is -2.47. The zero-order chi connectivity index (χ0) is 14.7. The number of nitrogens with zero attached hydrogens (tertiary/aromatic N) is 2. The molecule has 0 bridgehead atoms. The van der Waals surface area contributed by atoms with Crippen molar-refractivity contribution in [2.75, 3.05) is 0 Å². The molecular formula is C14H15N3O3. The molecule has 0 saturated carbocycles. The van der Waals surface area contributed by atoms with Crippen LogP contribution in [-0.4, -0.2) is 9.49 Å². The molecule has 104 valence electrons. The van der Waals surface area contributed by atoms with Gasteiger partial charge in [0.1, 0.15) is 0 Å². The summed E-state index contributed by atoms with van der Waals surface area (Å²) in [6, 6.07) is 8.76. The van der Waals surface area contributed by atoms with Crippen LogP contribution in [0.25, 0.3) is 0 Å². The molecule has 0 aliphatic heterocycles. The molecular weight excluding hydrogens is 258 g/mol. The minimum Gasteiger partial charge on any atom is -0.326 e. The van der Waals surface area contributed by atoms with E-state index in [-0.39, 0.29) is 11.2 Å². The van der Waals surface area contributed by atoms with Crippen molar-refractivity contribution in [3.63, 3.8) is 0 Å². The Morgan fingerprint density at radius 3 is 2.40 bits per heavy atom. The highest BCUT2D eigenvalue weighted by molar-refractivity contribution is 5.36. The van der Waals surface area contributed by atoms with Crippen LogP contribution in [0.3, 0.4) is 0 Å². The smallest absolute Gasteiger partial charge is 0.288 e. The second kappa shape index (κ2) is 5.66. The van der Waals surface area contributed by atoms with E-state index < -0.39 is 4.92 Å². The van der Waals surface area contributed by atoms with E-state index in [9.17, 15) is 14.9 Å². The van der Waals surface area contributed by atoms with E-state index in [0.717, 1.165) is 11.1 Å². The number of nitro groups is 1. The van der Waals surface area contributed by atoms with E-state index in [1.807, 2.05) is 24.3 Å². The number of rotatable bonds is 4. The standard InChI is InChI=1S/C14H15N3O3/c1-10-6-14(18)16(9-13(10)17(19)20)8-12-4-2-11(7-15)3-5-12/h2-6,9H,7-8,15H2,1H3. The van der Waals surface area contributed by atoms with E-state index >= 15 is 0 Å². The van der Waals surface area contributed by atoms with Gasteiger partial charge in [-0.3, -0.25) is 14.9 Å². The van der Waals surface area contributed by atoms with Crippen LogP contribution >= 0.6 is 0 Å². The zero-order valence-corrected chi connectivity index (χ0v) is 11.1. The van der Waals surface area contributed by atoms with Crippen LogP contribution in [0.15, 0.2) is 41.3 Å². The Kier molecular flexibility index (Phi) is 3.95. The molecule has 1 aromatic carbocycles. The summed E-state index contributed by atoms with van der Waals surface area (Å²) in [7, 11) is 0. The second-order valence-electron chi connectivity index (χ2n) is 4.59. The first kappa shape index (κ1) is 14.0. The van der Waals surface area contributed by atoms with Gasteiger partial charge < -0.3 is 10.3 Å². The maximum Gasteiger partial charge on any atom is 0.288 e. The Labute approximate surface area is 115 Å². The number of benzene rings is 1. The highest BCUT2D eigenvalue weighted by atomic mass is 16.6. The van der Waals surface area contributed by atoms with Crippen LogP contribution in [0.1, 0.15) is 16.7 Å². The predicted octanol–water partition coefficient (Wildman–Crippen LogP) is 1.57. The third kappa shape index (κ3) is 2.92. The third-order valence-electron chi connectivity index (χ3n) is 3.11. The van der Waals surface area contributed by atoms with Gasteiger partial charge in [0.2, 0.25) is 0 Å². The van der Waals surface area contributed by atoms with Crippen molar-refractivity contribution < 1.29 is 4.92 Å². The fraction of sp³-hybridized carbons (Fsp3) is 0.214. The number of nitrogens with two attached hydrogens (primary N) is 1. The third-order valence-corrected chi connectivity index (χ3v) is 3.11. The molecule has 0 aliphatic rings. The van der Waals surface area contributed by atoms with E-state index in [4.69, 9.17) is 5.73 Å². The van der Waals surface area contributed by atoms with Crippen molar-refractivity contribution in [3.8, 4) is 0 Å². The minimum absolute atomic E-state index is 0.0526. The summed E-state index contributed by atoms with van der Waals surface area (Å²) in [5, 5.41) is 10.9. The van der Waals surface area contributed by atoms with Gasteiger partial charge in [-0.05, 0) is 18.1 Å². The predicted molar refractivity (Wildman–Crippen MR) is 75.5 cm³/mol. The summed E-state index contributed by atoms with van der Waals surface area (Å²) in [6.07, 6.45) is 1.29. The summed E-state index contributed by atoms with van der Waals surface area (Å²) >= 11 is 0. The normalized spacial score (nSPS) is 10.5. The van der Waals surface area contributed by atoms with Crippen molar-refractivity contribution in [3.05, 3.63) is 73.7 Å². The van der Waals surface area contributed by atoms with Crippen LogP contribution in [0.5, 0.6) is 0 Å². The molecule has 0 radical (unpaired) electrons. The van der Waals surface area contributed by atoms with E-state index in [1.165, 1.54) is 16.8 Å². The Morgan fingerprint density at radius 2 is 1.85 bits per heavy atom. The molecule has 2 N–H and O–H groups in total. The van der Waals surface area contributed by atoms with Gasteiger partial charge in [0.25, 0.3) is 11.2 Å². The van der Waals surface area contributed by atoms with Gasteiger partial charge in [0.05, 0.1) is 17.7 Å². The lowest BCUT2D eigenvalue weighted by Gasteiger charge is -2.07. The minimum atomic E-state index is -0.483. The molecule has 2 rings (SSSR count). The summed E-state index contributed by atoms with van der Waals surface area (Å²) in [4.78, 5) is 22.3. The monoisotopic (exact) mass is 273 g/mol. The Balaban J connectivity index is 2.35. The quantitative estimate of drug-likeness (QED) is 0.676. The van der Waals surface area contributed by atoms with Crippen molar-refractivity contribution in [2.45, 2.75) is 20.0 Å². The van der Waals surface area contributed by atoms with Crippen molar-refractivity contribution in [2.24, 2.45) is 5.73 Å². The Morgan fingerprint density at radius 1 is 1.25 bits per heavy atom. The lowest BCUT2D eigenvalue weighted by Crippen LogP contribution is -2.20. The van der Waals surface area contributed by atoms with E-state index in [2.05, 4.69) is 0 Å². The largest absolute Gasteiger partial charge is 0.326 e. The first-order valence-electron chi connectivity index (χ1n) is 6.14. The van der Waals surface area contributed by atoms with Gasteiger partial charge in [-0.1, -0.05) is 24.3 Å². The van der Waals surface area contributed by atoms with Gasteiger partial charge in [0.15, 0.2) is 0 Å². The van der Waals surface area contributed by atoms with Gasteiger partial charge in [-0.15, -0.1) is 0 Å². The summed E-state index contributed by atoms with van der Waals surface area (Å²) in [6.45, 7) is 2.31. The summed E-state index contributed by atoms with van der Waals surface area (Å²) in [5.41, 5.74) is 7.47. The van der Waals surface area contributed by atoms with Crippen molar-refractivity contribution in [1.82, 2.24) is 4.57 Å². The maximum atomic E-state index is 11.9. The van der Waals surface area contributed by atoms with Crippen LogP contribution in [0.4, 0.5) is 5.69 Å². The fourth-order valence-corrected chi connectivity index (χ4v) is 1.95. The average molecular weight is 273 g/mol. The molecule has 0 fully saturated rings. The van der Waals surface area contributed by atoms with Crippen LogP contribution < -0.4 is 11.3 Å². The lowest BCUT2D eigenvalue weighted by molar-refractivity contribution is -0.385. The van der Waals surface area contributed by atoms with Crippen LogP contribution in [0.2, 0.25) is 0 Å². The summed E-state index contributed by atoms with van der Waals surface area (Å²) < 4.78 is 1.34. The second-order valence-corrected chi connectivity index (χ2v) is 4.59. The molecule has 1 heterocycles. The van der Waals surface area contributed by atoms with Crippen LogP contribution in [0, 0.1) is 17.0 Å². The van der Waals surface area contributed by atoms with Crippen molar-refractivity contribution >= 4 is 5.69 Å². The summed E-state index contributed by atoms with van der Waals surface area (Å²) in [5.74, 6) is 0. The molecule has 0 aliphatic carbocycles. The molecule has 6 heteroatoms. The highest BCUT2D eigenvalue weighted by Crippen LogP contribution is 2.15. The first-order valence-corrected chi connectivity index (χ1v) is 6.14. The molecule has 1 aromatic heterocycles. The number of pyridine rings is 1. The number of hydrogen-bond acceptors (Lipinski definition) is 4. The molecule has 0 atom stereocenters. The van der Waals surface area contributed by atoms with Gasteiger partial charge >= 0.3 is 0 Å². The molecule has 0 unspecified atom stereocenters. The average Bonchev–Trinajstić information content (AvgIpc) is 2.42. The molecule has 2 aromatic rings. The molecule has 6 nitrogen and oxygen atoms in total. The van der Waals surface area contributed by atoms with Crippen molar-refractivity contribution in [1.29, 1.82) is 0 Å². The maximum absolute atomic E-state index is 11.9. The lowest BCUT2D eigenvalue weighted by atomic mass is 10.1. The zero-order valence-electron chi connectivity index (χ0n) is 11.1. The Bertz CT molecular complexity index is 690. The number of aromatic nitrogens is 1. The highest BCUT2D eigenvalue weighted by Gasteiger charge is 2.13. The number of aryl methyl sites for hydroxylation is 1. The first-order chi connectivity index (χ1) is 9.51. The molecule has 0 amide bonds. The van der Waals surface area contributed by atoms with Crippen LogP contribution in [-0.2, 0) is 13.1 Å². The molecule has 0 spiro atoms. The van der Waals surface area contributed by atoms with Gasteiger partial charge in [-0.25, -0.2) is 0 Å². The topological polar surface area (TPSA) is 91.2 Å². The fourth-order valence-electron chi connectivity index (χ4n) is 1.95. The molecule has 20 heavy (non-hydrogen) atoms.